The quantitative estimate of drug-likeness (QED) is 0.853. The molecule has 7 heteroatoms. The first-order valence-electron chi connectivity index (χ1n) is 6.48. The Kier molecular flexibility index (Phi) is 5.00. The second-order valence-electron chi connectivity index (χ2n) is 4.30. The van der Waals surface area contributed by atoms with Crippen molar-refractivity contribution in [2.45, 2.75) is 26.3 Å². The summed E-state index contributed by atoms with van der Waals surface area (Å²) in [5.74, 6) is 0.429. The van der Waals surface area contributed by atoms with Crippen LogP contribution in [0.5, 0.6) is 0 Å². The van der Waals surface area contributed by atoms with Gasteiger partial charge in [-0.25, -0.2) is 4.98 Å². The molecule has 0 fully saturated rings. The summed E-state index contributed by atoms with van der Waals surface area (Å²) in [5.41, 5.74) is 0.301. The van der Waals surface area contributed by atoms with Gasteiger partial charge in [0, 0.05) is 18.1 Å². The van der Waals surface area contributed by atoms with Gasteiger partial charge < -0.3 is 10.6 Å². The summed E-state index contributed by atoms with van der Waals surface area (Å²) in [5, 5.41) is 16.6. The van der Waals surface area contributed by atoms with Crippen LogP contribution in [0, 0.1) is 0 Å². The molecule has 2 aromatic rings. The molecule has 2 rings (SSSR count). The number of hydrogen-bond acceptors (Lipinski definition) is 6. The molecule has 2 N–H and O–H groups in total. The molecule has 0 aliphatic carbocycles. The fourth-order valence-electron chi connectivity index (χ4n) is 1.58. The minimum Gasteiger partial charge on any atom is -0.369 e. The predicted molar refractivity (Wildman–Crippen MR) is 78.8 cm³/mol. The summed E-state index contributed by atoms with van der Waals surface area (Å²) in [6, 6.07) is 3.28. The standard InChI is InChI=1S/C13H17N5OS/c1-3-6-14-11-5-4-10(17-18-11)12(19)16-9(2)13-15-7-8-20-13/h4-5,7-9H,3,6H2,1-2H3,(H,14,18)(H,16,19). The fourth-order valence-corrected chi connectivity index (χ4v) is 2.23. The lowest BCUT2D eigenvalue weighted by Gasteiger charge is -2.10. The lowest BCUT2D eigenvalue weighted by molar-refractivity contribution is 0.0934. The number of nitrogens with zero attached hydrogens (tertiary/aromatic N) is 3. The van der Waals surface area contributed by atoms with E-state index in [1.165, 1.54) is 11.3 Å². The minimum atomic E-state index is -0.248. The number of carbonyl (C=O) groups excluding carboxylic acids is 1. The van der Waals surface area contributed by atoms with Gasteiger partial charge in [0.2, 0.25) is 0 Å². The molecule has 1 amide bonds. The average molecular weight is 291 g/mol. The van der Waals surface area contributed by atoms with Crippen LogP contribution in [0.4, 0.5) is 5.82 Å². The van der Waals surface area contributed by atoms with Gasteiger partial charge in [0.15, 0.2) is 5.69 Å². The van der Waals surface area contributed by atoms with Crippen LogP contribution in [0.15, 0.2) is 23.7 Å². The largest absolute Gasteiger partial charge is 0.369 e. The van der Waals surface area contributed by atoms with Crippen molar-refractivity contribution >= 4 is 23.1 Å². The second-order valence-corrected chi connectivity index (χ2v) is 5.22. The van der Waals surface area contributed by atoms with Gasteiger partial charge in [-0.3, -0.25) is 4.79 Å². The van der Waals surface area contributed by atoms with Crippen LogP contribution in [0.25, 0.3) is 0 Å². The molecule has 20 heavy (non-hydrogen) atoms. The third kappa shape index (κ3) is 3.74. The molecule has 0 aliphatic heterocycles. The SMILES string of the molecule is CCCNc1ccc(C(=O)NC(C)c2nccs2)nn1. The van der Waals surface area contributed by atoms with Gasteiger partial charge in [0.05, 0.1) is 6.04 Å². The van der Waals surface area contributed by atoms with Crippen LogP contribution in [0.3, 0.4) is 0 Å². The third-order valence-corrected chi connectivity index (χ3v) is 3.58. The van der Waals surface area contributed by atoms with E-state index in [0.717, 1.165) is 18.0 Å². The molecule has 2 aromatic heterocycles. The Hall–Kier alpha value is -2.02. The first-order chi connectivity index (χ1) is 9.70. The third-order valence-electron chi connectivity index (χ3n) is 2.62. The van der Waals surface area contributed by atoms with Crippen molar-refractivity contribution in [3.8, 4) is 0 Å². The van der Waals surface area contributed by atoms with Crippen LogP contribution < -0.4 is 10.6 Å². The highest BCUT2D eigenvalue weighted by atomic mass is 32.1. The fraction of sp³-hybridized carbons (Fsp3) is 0.385. The van der Waals surface area contributed by atoms with Gasteiger partial charge >= 0.3 is 0 Å². The zero-order chi connectivity index (χ0) is 14.4. The molecule has 2 heterocycles. The monoisotopic (exact) mass is 291 g/mol. The highest BCUT2D eigenvalue weighted by Crippen LogP contribution is 2.15. The number of rotatable bonds is 6. The normalized spacial score (nSPS) is 11.9. The van der Waals surface area contributed by atoms with Gasteiger partial charge in [-0.2, -0.15) is 0 Å². The Bertz CT molecular complexity index is 540. The number of nitrogens with one attached hydrogen (secondary N) is 2. The Balaban J connectivity index is 1.95. The summed E-state index contributed by atoms with van der Waals surface area (Å²) in [4.78, 5) is 16.2. The summed E-state index contributed by atoms with van der Waals surface area (Å²) < 4.78 is 0. The van der Waals surface area contributed by atoms with Crippen molar-refractivity contribution in [2.75, 3.05) is 11.9 Å². The Morgan fingerprint density at radius 3 is 2.85 bits per heavy atom. The number of thiazole rings is 1. The molecule has 0 bridgehead atoms. The van der Waals surface area contributed by atoms with Crippen LogP contribution in [-0.4, -0.2) is 27.6 Å². The lowest BCUT2D eigenvalue weighted by Crippen LogP contribution is -2.27. The maximum Gasteiger partial charge on any atom is 0.272 e. The molecular formula is C13H17N5OS. The van der Waals surface area contributed by atoms with E-state index in [-0.39, 0.29) is 11.9 Å². The van der Waals surface area contributed by atoms with Crippen LogP contribution in [-0.2, 0) is 0 Å². The average Bonchev–Trinajstić information content (AvgIpc) is 3.00. The molecule has 0 aromatic carbocycles. The molecule has 0 radical (unpaired) electrons. The molecule has 0 aliphatic rings. The lowest BCUT2D eigenvalue weighted by atomic mass is 10.3. The Morgan fingerprint density at radius 1 is 1.40 bits per heavy atom. The van der Waals surface area contributed by atoms with Crippen molar-refractivity contribution in [1.29, 1.82) is 0 Å². The molecular weight excluding hydrogens is 274 g/mol. The van der Waals surface area contributed by atoms with Gasteiger partial charge in [0.25, 0.3) is 5.91 Å². The van der Waals surface area contributed by atoms with Gasteiger partial charge in [-0.05, 0) is 25.5 Å². The smallest absolute Gasteiger partial charge is 0.272 e. The van der Waals surface area contributed by atoms with Crippen molar-refractivity contribution < 1.29 is 4.79 Å². The van der Waals surface area contributed by atoms with E-state index in [1.54, 1.807) is 18.3 Å². The van der Waals surface area contributed by atoms with E-state index < -0.39 is 0 Å². The number of amides is 1. The van der Waals surface area contributed by atoms with E-state index in [4.69, 9.17) is 0 Å². The zero-order valence-electron chi connectivity index (χ0n) is 11.5. The highest BCUT2D eigenvalue weighted by Gasteiger charge is 2.14. The van der Waals surface area contributed by atoms with Crippen molar-refractivity contribution in [2.24, 2.45) is 0 Å². The van der Waals surface area contributed by atoms with E-state index in [0.29, 0.717) is 11.5 Å². The van der Waals surface area contributed by atoms with Gasteiger partial charge in [0.1, 0.15) is 10.8 Å². The molecule has 1 unspecified atom stereocenters. The molecule has 0 saturated carbocycles. The topological polar surface area (TPSA) is 79.8 Å². The predicted octanol–water partition coefficient (Wildman–Crippen LogP) is 2.25. The number of hydrogen-bond donors (Lipinski definition) is 2. The van der Waals surface area contributed by atoms with Crippen LogP contribution >= 0.6 is 11.3 Å². The Labute approximate surface area is 121 Å². The van der Waals surface area contributed by atoms with Gasteiger partial charge in [-0.15, -0.1) is 21.5 Å². The first-order valence-corrected chi connectivity index (χ1v) is 7.36. The number of aromatic nitrogens is 3. The maximum absolute atomic E-state index is 12.0. The second kappa shape index (κ2) is 6.95. The molecule has 6 nitrogen and oxygen atoms in total. The Morgan fingerprint density at radius 2 is 2.25 bits per heavy atom. The minimum absolute atomic E-state index is 0.137. The summed E-state index contributed by atoms with van der Waals surface area (Å²) in [6.07, 6.45) is 2.73. The summed E-state index contributed by atoms with van der Waals surface area (Å²) in [7, 11) is 0. The summed E-state index contributed by atoms with van der Waals surface area (Å²) >= 11 is 1.51. The van der Waals surface area contributed by atoms with Crippen molar-refractivity contribution in [3.05, 3.63) is 34.4 Å². The maximum atomic E-state index is 12.0. The van der Waals surface area contributed by atoms with Gasteiger partial charge in [-0.1, -0.05) is 6.92 Å². The molecule has 1 atom stereocenters. The molecule has 106 valence electrons. The number of anilines is 1. The first kappa shape index (κ1) is 14.4. The van der Waals surface area contributed by atoms with E-state index >= 15 is 0 Å². The van der Waals surface area contributed by atoms with E-state index in [2.05, 4.69) is 32.7 Å². The molecule has 0 saturated heterocycles. The highest BCUT2D eigenvalue weighted by molar-refractivity contribution is 7.09. The zero-order valence-corrected chi connectivity index (χ0v) is 12.3. The van der Waals surface area contributed by atoms with E-state index in [9.17, 15) is 4.79 Å². The van der Waals surface area contributed by atoms with E-state index in [1.807, 2.05) is 12.3 Å². The van der Waals surface area contributed by atoms with Crippen molar-refractivity contribution in [3.63, 3.8) is 0 Å². The van der Waals surface area contributed by atoms with Crippen molar-refractivity contribution in [1.82, 2.24) is 20.5 Å². The number of carbonyl (C=O) groups is 1. The van der Waals surface area contributed by atoms with Crippen LogP contribution in [0.1, 0.15) is 41.8 Å². The molecule has 0 spiro atoms. The summed E-state index contributed by atoms with van der Waals surface area (Å²) in [6.45, 7) is 4.80. The van der Waals surface area contributed by atoms with Crippen LogP contribution in [0.2, 0.25) is 0 Å².